The molecule has 0 aliphatic carbocycles. The van der Waals surface area contributed by atoms with E-state index in [9.17, 15) is 0 Å². The van der Waals surface area contributed by atoms with Crippen molar-refractivity contribution in [2.45, 2.75) is 13.8 Å². The van der Waals surface area contributed by atoms with Crippen LogP contribution in [0.25, 0.3) is 0 Å². The first kappa shape index (κ1) is 24.1. The molecule has 0 aromatic rings. The first-order valence-corrected chi connectivity index (χ1v) is 5.15. The van der Waals surface area contributed by atoms with Gasteiger partial charge in [-0.3, -0.25) is 0 Å². The summed E-state index contributed by atoms with van der Waals surface area (Å²) < 4.78 is 0.167. The molecule has 0 saturated carbocycles. The summed E-state index contributed by atoms with van der Waals surface area (Å²) in [6.07, 6.45) is 0. The Bertz CT molecular complexity index is 112. The molecule has 0 bridgehead atoms. The van der Waals surface area contributed by atoms with Crippen LogP contribution < -0.4 is 16.8 Å². The number of rotatable bonds is 2. The number of hydrogen-bond acceptors (Lipinski definition) is 5. The van der Waals surface area contributed by atoms with Gasteiger partial charge in [0.2, 0.25) is 0 Å². The van der Waals surface area contributed by atoms with Crippen LogP contribution in [0.3, 0.4) is 0 Å². The van der Waals surface area contributed by atoms with E-state index in [4.69, 9.17) is 0 Å². The average Bonchev–Trinajstić information content (AvgIpc) is 1.86. The molecule has 0 spiro atoms. The summed E-state index contributed by atoms with van der Waals surface area (Å²) in [4.78, 5) is 0. The maximum absolute atomic E-state index is 4.66. The molecule has 1 radical (unpaired) electrons. The molecule has 0 aromatic carbocycles. The maximum Gasteiger partial charge on any atom is 2.00 e. The van der Waals surface area contributed by atoms with Crippen LogP contribution in [0.2, 0.25) is 0 Å². The Balaban J connectivity index is -0.0000000522. The molecule has 0 unspecified atom stereocenters. The molecule has 0 heterocycles. The monoisotopic (exact) mass is 312 g/mol. The van der Waals surface area contributed by atoms with Crippen molar-refractivity contribution >= 4 is 58.3 Å². The number of nitrogens with two attached hydrogens (primary N) is 2. The Kier molecular flexibility index (Phi) is 40.4. The largest absolute Gasteiger partial charge is 2.00 e. The van der Waals surface area contributed by atoms with Gasteiger partial charge in [-0.25, -0.2) is 0 Å². The van der Waals surface area contributed by atoms with Gasteiger partial charge in [0.15, 0.2) is 0 Å². The summed E-state index contributed by atoms with van der Waals surface area (Å²) in [5.41, 5.74) is 9.31. The molecule has 8 heteroatoms. The first-order chi connectivity index (χ1) is 5.88. The minimum Gasteiger partial charge on any atom is -0.415 e. The third-order valence-corrected chi connectivity index (χ3v) is 0.500. The SMILES string of the molecule is CCNCC.NC(=S)[S-].NC(=S)[S-].[Mn+2]. The van der Waals surface area contributed by atoms with Crippen molar-refractivity contribution in [2.24, 2.45) is 11.5 Å². The van der Waals surface area contributed by atoms with E-state index in [1.807, 2.05) is 0 Å². The van der Waals surface area contributed by atoms with E-state index >= 15 is 0 Å². The van der Waals surface area contributed by atoms with Crippen LogP contribution in [-0.2, 0) is 42.3 Å². The Labute approximate surface area is 118 Å². The van der Waals surface area contributed by atoms with Gasteiger partial charge in [-0.15, -0.1) is 0 Å². The predicted molar refractivity (Wildman–Crippen MR) is 72.5 cm³/mol. The molecule has 3 nitrogen and oxygen atoms in total. The van der Waals surface area contributed by atoms with Crippen LogP contribution >= 0.6 is 24.4 Å². The molecular formula is C6H15MnN3S4. The summed E-state index contributed by atoms with van der Waals surface area (Å²) in [7, 11) is 0. The second kappa shape index (κ2) is 23.5. The third-order valence-electron chi connectivity index (χ3n) is 0.500. The summed E-state index contributed by atoms with van der Waals surface area (Å²) in [6.45, 7) is 6.39. The van der Waals surface area contributed by atoms with Crippen molar-refractivity contribution in [2.75, 3.05) is 13.1 Å². The van der Waals surface area contributed by atoms with E-state index in [-0.39, 0.29) is 25.7 Å². The summed E-state index contributed by atoms with van der Waals surface area (Å²) in [5.74, 6) is 0. The summed E-state index contributed by atoms with van der Waals surface area (Å²) in [6, 6.07) is 0. The van der Waals surface area contributed by atoms with Crippen LogP contribution in [0.4, 0.5) is 0 Å². The van der Waals surface area contributed by atoms with Crippen molar-refractivity contribution in [1.82, 2.24) is 5.32 Å². The van der Waals surface area contributed by atoms with Crippen molar-refractivity contribution in [3.63, 3.8) is 0 Å². The van der Waals surface area contributed by atoms with Crippen molar-refractivity contribution in [3.05, 3.63) is 0 Å². The summed E-state index contributed by atoms with van der Waals surface area (Å²) in [5, 5.41) is 3.11. The standard InChI is InChI=1S/C4H11N.2CH3NS2.Mn/c1-3-5-4-2;2*2-1(3)4;/h5H,3-4H2,1-2H3;2*(H3,2,3,4);/q;;;+2/p-2. The van der Waals surface area contributed by atoms with E-state index in [1.165, 1.54) is 0 Å². The zero-order valence-electron chi connectivity index (χ0n) is 8.08. The first-order valence-electron chi connectivity index (χ1n) is 3.52. The van der Waals surface area contributed by atoms with Crippen LogP contribution in [0.5, 0.6) is 0 Å². The van der Waals surface area contributed by atoms with E-state index in [2.05, 4.69) is 80.3 Å². The molecule has 0 fully saturated rings. The van der Waals surface area contributed by atoms with Gasteiger partial charge in [-0.2, -0.15) is 0 Å². The second-order valence-corrected chi connectivity index (χ2v) is 3.87. The Morgan fingerprint density at radius 3 is 1.21 bits per heavy atom. The zero-order chi connectivity index (χ0) is 11.3. The molecule has 0 aliphatic heterocycles. The molecule has 0 aromatic heterocycles. The Morgan fingerprint density at radius 2 is 1.21 bits per heavy atom. The second-order valence-electron chi connectivity index (χ2n) is 1.60. The smallest absolute Gasteiger partial charge is 0.415 e. The topological polar surface area (TPSA) is 64.1 Å². The molecule has 0 saturated heterocycles. The molecule has 0 rings (SSSR count). The quantitative estimate of drug-likeness (QED) is 0.381. The molecule has 0 amide bonds. The summed E-state index contributed by atoms with van der Waals surface area (Å²) >= 11 is 16.5. The van der Waals surface area contributed by atoms with Gasteiger partial charge in [0.25, 0.3) is 0 Å². The van der Waals surface area contributed by atoms with Gasteiger partial charge in [0, 0.05) is 0 Å². The van der Waals surface area contributed by atoms with E-state index < -0.39 is 0 Å². The van der Waals surface area contributed by atoms with Crippen LogP contribution in [0.15, 0.2) is 0 Å². The minimum atomic E-state index is 0. The van der Waals surface area contributed by atoms with Crippen LogP contribution in [0, 0.1) is 0 Å². The fourth-order valence-corrected chi connectivity index (χ4v) is 0.250. The third kappa shape index (κ3) is 239. The molecule has 0 atom stereocenters. The zero-order valence-corrected chi connectivity index (χ0v) is 12.5. The van der Waals surface area contributed by atoms with E-state index in [0.29, 0.717) is 0 Å². The predicted octanol–water partition coefficient (Wildman–Crippen LogP) is 0.167. The van der Waals surface area contributed by atoms with Gasteiger partial charge in [-0.05, 0) is 13.1 Å². The van der Waals surface area contributed by atoms with Gasteiger partial charge in [0.1, 0.15) is 0 Å². The maximum atomic E-state index is 4.66. The fourth-order valence-electron chi connectivity index (χ4n) is 0.250. The van der Waals surface area contributed by atoms with Crippen LogP contribution in [-0.4, -0.2) is 21.7 Å². The molecular weight excluding hydrogens is 297 g/mol. The number of hydrogen-bond donors (Lipinski definition) is 3. The normalized spacial score (nSPS) is 6.43. The molecule has 85 valence electrons. The Morgan fingerprint density at radius 1 is 1.07 bits per heavy atom. The van der Waals surface area contributed by atoms with Crippen molar-refractivity contribution < 1.29 is 17.1 Å². The average molecular weight is 312 g/mol. The molecule has 5 N–H and O–H groups in total. The molecule has 14 heavy (non-hydrogen) atoms. The van der Waals surface area contributed by atoms with Gasteiger partial charge in [0.05, 0.1) is 0 Å². The Hall–Kier alpha value is 0.699. The number of thiocarbonyl (C=S) groups is 2. The van der Waals surface area contributed by atoms with E-state index in [0.717, 1.165) is 13.1 Å². The van der Waals surface area contributed by atoms with Gasteiger partial charge >= 0.3 is 17.1 Å². The van der Waals surface area contributed by atoms with Crippen molar-refractivity contribution in [1.29, 1.82) is 0 Å². The number of nitrogens with one attached hydrogen (secondary N) is 1. The molecule has 0 aliphatic rings. The van der Waals surface area contributed by atoms with Crippen molar-refractivity contribution in [3.8, 4) is 0 Å². The van der Waals surface area contributed by atoms with Gasteiger partial charge < -0.3 is 66.5 Å². The van der Waals surface area contributed by atoms with Gasteiger partial charge in [-0.1, -0.05) is 22.5 Å². The van der Waals surface area contributed by atoms with E-state index in [1.54, 1.807) is 0 Å². The fraction of sp³-hybridized carbons (Fsp3) is 0.667. The minimum absolute atomic E-state index is 0. The van der Waals surface area contributed by atoms with Crippen LogP contribution in [0.1, 0.15) is 13.8 Å².